The molecule has 0 radical (unpaired) electrons. The Morgan fingerprint density at radius 2 is 1.54 bits per heavy atom. The van der Waals surface area contributed by atoms with E-state index < -0.39 is 0 Å². The second-order valence-electron chi connectivity index (χ2n) is 5.80. The number of nitriles is 2. The van der Waals surface area contributed by atoms with Crippen LogP contribution >= 0.6 is 11.3 Å². The molecule has 4 aromatic rings. The topological polar surface area (TPSA) is 47.6 Å². The van der Waals surface area contributed by atoms with Crippen LogP contribution in [0.1, 0.15) is 16.7 Å². The second kappa shape index (κ2) is 5.49. The summed E-state index contributed by atoms with van der Waals surface area (Å²) < 4.78 is 2.49. The molecule has 1 heterocycles. The lowest BCUT2D eigenvalue weighted by atomic mass is 9.97. The van der Waals surface area contributed by atoms with Crippen LogP contribution in [0, 0.1) is 29.6 Å². The van der Waals surface area contributed by atoms with Crippen molar-refractivity contribution in [3.63, 3.8) is 0 Å². The van der Waals surface area contributed by atoms with E-state index in [1.165, 1.54) is 25.7 Å². The van der Waals surface area contributed by atoms with Gasteiger partial charge in [0.1, 0.15) is 0 Å². The van der Waals surface area contributed by atoms with Crippen molar-refractivity contribution in [1.82, 2.24) is 0 Å². The zero-order chi connectivity index (χ0) is 16.7. The molecule has 0 saturated carbocycles. The number of hydrogen-bond donors (Lipinski definition) is 0. The monoisotopic (exact) mass is 324 g/mol. The van der Waals surface area contributed by atoms with Gasteiger partial charge in [-0.2, -0.15) is 10.5 Å². The van der Waals surface area contributed by atoms with Crippen LogP contribution in [0.3, 0.4) is 0 Å². The highest BCUT2D eigenvalue weighted by Gasteiger charge is 2.10. The first-order chi connectivity index (χ1) is 11.7. The van der Waals surface area contributed by atoms with E-state index in [0.717, 1.165) is 11.1 Å². The zero-order valence-electron chi connectivity index (χ0n) is 13.0. The van der Waals surface area contributed by atoms with Gasteiger partial charge in [0, 0.05) is 20.2 Å². The van der Waals surface area contributed by atoms with E-state index in [-0.39, 0.29) is 0 Å². The van der Waals surface area contributed by atoms with Gasteiger partial charge in [-0.05, 0) is 47.9 Å². The van der Waals surface area contributed by atoms with Gasteiger partial charge in [-0.1, -0.05) is 30.3 Å². The average molecular weight is 324 g/mol. The van der Waals surface area contributed by atoms with Crippen molar-refractivity contribution in [3.05, 3.63) is 71.3 Å². The lowest BCUT2D eigenvalue weighted by molar-refractivity contribution is 1.44. The second-order valence-corrected chi connectivity index (χ2v) is 6.88. The molecule has 0 saturated heterocycles. The first kappa shape index (κ1) is 14.5. The number of nitrogens with zero attached hydrogens (tertiary/aromatic N) is 2. The van der Waals surface area contributed by atoms with Crippen LogP contribution in [0.15, 0.2) is 54.6 Å². The molecule has 3 aromatic carbocycles. The minimum atomic E-state index is 0.508. The standard InChI is InChI=1S/C21H12N2S/c1-13-2-5-18-19-7-4-15(10-21(19)24-20(18)8-13)17-6-3-14(11-22)9-16(17)12-23/h2-10H,1H3. The number of fused-ring (bicyclic) bond motifs is 3. The van der Waals surface area contributed by atoms with E-state index in [9.17, 15) is 5.26 Å². The normalized spacial score (nSPS) is 10.6. The molecule has 0 atom stereocenters. The Labute approximate surface area is 143 Å². The lowest BCUT2D eigenvalue weighted by Gasteiger charge is -2.05. The van der Waals surface area contributed by atoms with Crippen molar-refractivity contribution in [1.29, 1.82) is 10.5 Å². The highest BCUT2D eigenvalue weighted by Crippen LogP contribution is 2.37. The molecule has 112 valence electrons. The molecule has 0 aliphatic carbocycles. The molecule has 0 N–H and O–H groups in total. The van der Waals surface area contributed by atoms with E-state index >= 15 is 0 Å². The summed E-state index contributed by atoms with van der Waals surface area (Å²) in [6.07, 6.45) is 0. The van der Waals surface area contributed by atoms with Crippen molar-refractivity contribution >= 4 is 31.5 Å². The van der Waals surface area contributed by atoms with Gasteiger partial charge in [0.25, 0.3) is 0 Å². The van der Waals surface area contributed by atoms with Crippen molar-refractivity contribution in [2.24, 2.45) is 0 Å². The highest BCUT2D eigenvalue weighted by atomic mass is 32.1. The lowest BCUT2D eigenvalue weighted by Crippen LogP contribution is -1.86. The predicted octanol–water partition coefficient (Wildman–Crippen LogP) is 5.77. The van der Waals surface area contributed by atoms with E-state index in [0.29, 0.717) is 11.1 Å². The SMILES string of the molecule is Cc1ccc2c(c1)sc1cc(-c3ccc(C#N)cc3C#N)ccc12. The molecular weight excluding hydrogens is 312 g/mol. The van der Waals surface area contributed by atoms with Crippen molar-refractivity contribution in [3.8, 4) is 23.3 Å². The first-order valence-corrected chi connectivity index (χ1v) is 8.39. The fourth-order valence-electron chi connectivity index (χ4n) is 3.01. The van der Waals surface area contributed by atoms with Crippen molar-refractivity contribution < 1.29 is 0 Å². The van der Waals surface area contributed by atoms with Gasteiger partial charge in [0.15, 0.2) is 0 Å². The summed E-state index contributed by atoms with van der Waals surface area (Å²) in [5.41, 5.74) is 4.17. The average Bonchev–Trinajstić information content (AvgIpc) is 2.97. The maximum absolute atomic E-state index is 9.40. The maximum Gasteiger partial charge on any atom is 0.0998 e. The van der Waals surface area contributed by atoms with Crippen molar-refractivity contribution in [2.45, 2.75) is 6.92 Å². The van der Waals surface area contributed by atoms with Crippen LogP contribution in [0.4, 0.5) is 0 Å². The molecule has 0 unspecified atom stereocenters. The van der Waals surface area contributed by atoms with Crippen LogP contribution < -0.4 is 0 Å². The summed E-state index contributed by atoms with van der Waals surface area (Å²) in [7, 11) is 0. The summed E-state index contributed by atoms with van der Waals surface area (Å²) in [4.78, 5) is 0. The van der Waals surface area contributed by atoms with Gasteiger partial charge in [-0.3, -0.25) is 0 Å². The minimum Gasteiger partial charge on any atom is -0.192 e. The molecule has 0 amide bonds. The smallest absolute Gasteiger partial charge is 0.0998 e. The van der Waals surface area contributed by atoms with Gasteiger partial charge in [0.2, 0.25) is 0 Å². The third-order valence-corrected chi connectivity index (χ3v) is 5.32. The molecule has 0 fully saturated rings. The number of thiophene rings is 1. The summed E-state index contributed by atoms with van der Waals surface area (Å²) >= 11 is 1.77. The Morgan fingerprint density at radius 1 is 0.792 bits per heavy atom. The molecule has 24 heavy (non-hydrogen) atoms. The van der Waals surface area contributed by atoms with Gasteiger partial charge >= 0.3 is 0 Å². The molecule has 4 rings (SSSR count). The molecule has 0 aliphatic rings. The number of benzene rings is 3. The number of aryl methyl sites for hydroxylation is 1. The van der Waals surface area contributed by atoms with Crippen molar-refractivity contribution in [2.75, 3.05) is 0 Å². The Morgan fingerprint density at radius 3 is 2.29 bits per heavy atom. The Balaban J connectivity index is 1.94. The summed E-state index contributed by atoms with van der Waals surface area (Å²) in [5.74, 6) is 0. The van der Waals surface area contributed by atoms with Gasteiger partial charge in [-0.15, -0.1) is 11.3 Å². The maximum atomic E-state index is 9.40. The summed E-state index contributed by atoms with van der Waals surface area (Å²) in [5, 5.41) is 20.9. The quantitative estimate of drug-likeness (QED) is 0.446. The Bertz CT molecular complexity index is 1190. The third-order valence-electron chi connectivity index (χ3n) is 4.21. The van der Waals surface area contributed by atoms with Gasteiger partial charge < -0.3 is 0 Å². The molecule has 1 aromatic heterocycles. The van der Waals surface area contributed by atoms with E-state index in [1.807, 2.05) is 6.07 Å². The van der Waals surface area contributed by atoms with E-state index in [4.69, 9.17) is 5.26 Å². The van der Waals surface area contributed by atoms with Crippen LogP contribution in [0.25, 0.3) is 31.3 Å². The van der Waals surface area contributed by atoms with E-state index in [2.05, 4.69) is 55.5 Å². The fourth-order valence-corrected chi connectivity index (χ4v) is 4.25. The summed E-state index contributed by atoms with van der Waals surface area (Å²) in [6.45, 7) is 2.10. The molecule has 0 spiro atoms. The third kappa shape index (κ3) is 2.24. The minimum absolute atomic E-state index is 0.508. The molecule has 0 bridgehead atoms. The Hall–Kier alpha value is -3.14. The van der Waals surface area contributed by atoms with Gasteiger partial charge in [0.05, 0.1) is 23.3 Å². The zero-order valence-corrected chi connectivity index (χ0v) is 13.8. The first-order valence-electron chi connectivity index (χ1n) is 7.57. The molecule has 3 heteroatoms. The fraction of sp³-hybridized carbons (Fsp3) is 0.0476. The molecule has 2 nitrogen and oxygen atoms in total. The number of hydrogen-bond acceptors (Lipinski definition) is 3. The molecule has 0 aliphatic heterocycles. The largest absolute Gasteiger partial charge is 0.192 e. The van der Waals surface area contributed by atoms with Crippen LogP contribution in [-0.2, 0) is 0 Å². The number of rotatable bonds is 1. The predicted molar refractivity (Wildman–Crippen MR) is 98.9 cm³/mol. The molecular formula is C21H12N2S. The van der Waals surface area contributed by atoms with Crippen LogP contribution in [0.2, 0.25) is 0 Å². The highest BCUT2D eigenvalue weighted by molar-refractivity contribution is 7.25. The Kier molecular flexibility index (Phi) is 3.31. The van der Waals surface area contributed by atoms with Crippen LogP contribution in [0.5, 0.6) is 0 Å². The van der Waals surface area contributed by atoms with Gasteiger partial charge in [-0.25, -0.2) is 0 Å². The van der Waals surface area contributed by atoms with Crippen LogP contribution in [-0.4, -0.2) is 0 Å². The summed E-state index contributed by atoms with van der Waals surface area (Å²) in [6, 6.07) is 22.4. The van der Waals surface area contributed by atoms with E-state index in [1.54, 1.807) is 23.5 Å².